The summed E-state index contributed by atoms with van der Waals surface area (Å²) in [5, 5.41) is 62.2. The summed E-state index contributed by atoms with van der Waals surface area (Å²) in [4.78, 5) is 52.7. The van der Waals surface area contributed by atoms with Gasteiger partial charge in [0.2, 0.25) is 11.7 Å². The number of fused-ring (bicyclic) bond motifs is 3. The van der Waals surface area contributed by atoms with Crippen LogP contribution >= 0.6 is 0 Å². The lowest BCUT2D eigenvalue weighted by molar-refractivity contribution is -0.169. The van der Waals surface area contributed by atoms with E-state index in [0.717, 1.165) is 0 Å². The predicted molar refractivity (Wildman–Crippen MR) is 142 cm³/mol. The van der Waals surface area contributed by atoms with E-state index in [9.17, 15) is 44.7 Å². The van der Waals surface area contributed by atoms with Crippen LogP contribution in [0.1, 0.15) is 37.8 Å². The van der Waals surface area contributed by atoms with Crippen molar-refractivity contribution in [3.8, 4) is 5.75 Å². The van der Waals surface area contributed by atoms with Crippen molar-refractivity contribution in [3.05, 3.63) is 40.2 Å². The van der Waals surface area contributed by atoms with Crippen LogP contribution in [0.15, 0.2) is 29.0 Å². The van der Waals surface area contributed by atoms with Crippen LogP contribution in [-0.4, -0.2) is 98.2 Å². The SMILES string of the molecule is CC(C)NC(=O)CNc1ccc2c(c1O)C(O)=C1C(=O)[C@@]3(O)C(O)=C(C(N)=O)C(=O)[C@@H](N(C)C)[C@H]3[C@H](O)[C@H]1[C@@H]2C. The first kappa shape index (κ1) is 29.1. The Morgan fingerprint density at radius 1 is 1.15 bits per heavy atom. The van der Waals surface area contributed by atoms with Gasteiger partial charge in [0.05, 0.1) is 35.9 Å². The monoisotopic (exact) mass is 558 g/mol. The average molecular weight is 559 g/mol. The molecule has 9 N–H and O–H groups in total. The molecule has 13 heteroatoms. The Hall–Kier alpha value is -3.94. The molecule has 0 radical (unpaired) electrons. The van der Waals surface area contributed by atoms with Gasteiger partial charge in [0.1, 0.15) is 22.8 Å². The normalized spacial score (nSPS) is 29.8. The van der Waals surface area contributed by atoms with Gasteiger partial charge in [-0.2, -0.15) is 0 Å². The van der Waals surface area contributed by atoms with E-state index in [4.69, 9.17) is 5.73 Å². The summed E-state index contributed by atoms with van der Waals surface area (Å²) in [6.07, 6.45) is -1.67. The van der Waals surface area contributed by atoms with Crippen molar-refractivity contribution in [2.45, 2.75) is 50.5 Å². The summed E-state index contributed by atoms with van der Waals surface area (Å²) >= 11 is 0. The Balaban J connectivity index is 1.89. The van der Waals surface area contributed by atoms with Crippen LogP contribution in [0.3, 0.4) is 0 Å². The second kappa shape index (κ2) is 9.91. The molecule has 4 rings (SSSR count). The van der Waals surface area contributed by atoms with Crippen molar-refractivity contribution in [2.24, 2.45) is 17.6 Å². The molecule has 0 aliphatic heterocycles. The lowest BCUT2D eigenvalue weighted by atomic mass is 9.54. The first-order valence-corrected chi connectivity index (χ1v) is 12.8. The number of Topliss-reactive ketones (excluding diaryl/α,β-unsaturated/α-hetero) is 2. The van der Waals surface area contributed by atoms with Gasteiger partial charge in [-0.25, -0.2) is 0 Å². The molecule has 1 aromatic carbocycles. The topological polar surface area (TPSA) is 223 Å². The van der Waals surface area contributed by atoms with Crippen molar-refractivity contribution >= 4 is 34.8 Å². The number of hydrogen-bond acceptors (Lipinski definition) is 11. The second-order valence-corrected chi connectivity index (χ2v) is 11.1. The number of phenolic OH excluding ortho intramolecular Hbond substituents is 1. The van der Waals surface area contributed by atoms with Gasteiger partial charge in [-0.3, -0.25) is 24.1 Å². The minimum Gasteiger partial charge on any atom is -0.508 e. The molecule has 0 unspecified atom stereocenters. The molecule has 3 aliphatic carbocycles. The zero-order valence-electron chi connectivity index (χ0n) is 22.7. The summed E-state index contributed by atoms with van der Waals surface area (Å²) in [5.74, 6) is -9.97. The molecule has 13 nitrogen and oxygen atoms in total. The average Bonchev–Trinajstić information content (AvgIpc) is 2.84. The summed E-state index contributed by atoms with van der Waals surface area (Å²) in [6.45, 7) is 5.01. The van der Waals surface area contributed by atoms with Crippen molar-refractivity contribution in [1.82, 2.24) is 10.2 Å². The van der Waals surface area contributed by atoms with Gasteiger partial charge in [-0.1, -0.05) is 13.0 Å². The van der Waals surface area contributed by atoms with Crippen molar-refractivity contribution < 1.29 is 44.7 Å². The number of carbonyl (C=O) groups is 4. The third kappa shape index (κ3) is 4.03. The quantitative estimate of drug-likeness (QED) is 0.163. The van der Waals surface area contributed by atoms with Crippen LogP contribution in [0.5, 0.6) is 5.75 Å². The number of aliphatic hydroxyl groups is 4. The van der Waals surface area contributed by atoms with Gasteiger partial charge in [-0.15, -0.1) is 0 Å². The number of nitrogens with zero attached hydrogens (tertiary/aromatic N) is 1. The Kier molecular flexibility index (Phi) is 7.20. The number of ketones is 2. The number of benzene rings is 1. The second-order valence-electron chi connectivity index (χ2n) is 11.1. The number of amides is 2. The number of nitrogens with two attached hydrogens (primary N) is 1. The van der Waals surface area contributed by atoms with Crippen LogP contribution in [0.2, 0.25) is 0 Å². The number of aliphatic hydroxyl groups excluding tert-OH is 3. The molecule has 6 atom stereocenters. The number of carbonyl (C=O) groups excluding carboxylic acids is 4. The third-order valence-electron chi connectivity index (χ3n) is 8.02. The Labute approximate surface area is 230 Å². The highest BCUT2D eigenvalue weighted by molar-refractivity contribution is 6.24. The standard InChI is InChI=1S/C27H34N4O9/c1-9(2)30-13(32)8-29-12-7-6-11-10(3)14-16(21(34)15(11)20(12)33)24(37)27(40)18(22(14)35)19(31(4)5)23(36)17(25(27)38)26(28)39/h6-7,9-10,14,18-19,22,29,33-35,38,40H,8H2,1-5H3,(H2,28,39)(H,30,32)/t10-,14+,18+,19+,22-,27-/m1/s1. The van der Waals surface area contributed by atoms with E-state index in [1.807, 2.05) is 0 Å². The van der Waals surface area contributed by atoms with Gasteiger partial charge in [0.15, 0.2) is 11.4 Å². The molecule has 0 bridgehead atoms. The predicted octanol–water partition coefficient (Wildman–Crippen LogP) is -0.568. The van der Waals surface area contributed by atoms with Crippen LogP contribution in [0.25, 0.3) is 5.76 Å². The molecular formula is C27H34N4O9. The fraction of sp³-hybridized carbons (Fsp3) is 0.481. The van der Waals surface area contributed by atoms with Gasteiger partial charge in [0, 0.05) is 17.5 Å². The molecule has 1 saturated carbocycles. The number of anilines is 1. The fourth-order valence-corrected chi connectivity index (χ4v) is 6.31. The first-order chi connectivity index (χ1) is 18.6. The van der Waals surface area contributed by atoms with E-state index in [1.165, 1.54) is 25.1 Å². The van der Waals surface area contributed by atoms with Crippen LogP contribution in [0.4, 0.5) is 5.69 Å². The molecule has 216 valence electrons. The number of hydrogen-bond donors (Lipinski definition) is 8. The summed E-state index contributed by atoms with van der Waals surface area (Å²) in [7, 11) is 2.88. The fourth-order valence-electron chi connectivity index (χ4n) is 6.31. The van der Waals surface area contributed by atoms with Gasteiger partial charge < -0.3 is 41.9 Å². The molecular weight excluding hydrogens is 524 g/mol. The van der Waals surface area contributed by atoms with Crippen molar-refractivity contribution in [1.29, 1.82) is 0 Å². The Morgan fingerprint density at radius 2 is 1.77 bits per heavy atom. The Morgan fingerprint density at radius 3 is 2.33 bits per heavy atom. The van der Waals surface area contributed by atoms with E-state index >= 15 is 0 Å². The molecule has 40 heavy (non-hydrogen) atoms. The highest BCUT2D eigenvalue weighted by Crippen LogP contribution is 2.56. The highest BCUT2D eigenvalue weighted by Gasteiger charge is 2.68. The number of likely N-dealkylation sites (N-methyl/N-ethyl adjacent to an activating group) is 1. The molecule has 0 saturated heterocycles. The van der Waals surface area contributed by atoms with Crippen LogP contribution in [-0.2, 0) is 19.2 Å². The highest BCUT2D eigenvalue weighted by atomic mass is 16.4. The number of rotatable bonds is 6. The van der Waals surface area contributed by atoms with Crippen LogP contribution < -0.4 is 16.4 Å². The minimum atomic E-state index is -2.98. The zero-order chi connectivity index (χ0) is 30.0. The molecule has 1 aromatic rings. The van der Waals surface area contributed by atoms with E-state index in [-0.39, 0.29) is 29.7 Å². The molecule has 3 aliphatic rings. The smallest absolute Gasteiger partial charge is 0.255 e. The van der Waals surface area contributed by atoms with E-state index in [2.05, 4.69) is 10.6 Å². The van der Waals surface area contributed by atoms with E-state index in [0.29, 0.717) is 5.56 Å². The molecule has 1 fully saturated rings. The van der Waals surface area contributed by atoms with Crippen LogP contribution in [0, 0.1) is 11.8 Å². The third-order valence-corrected chi connectivity index (χ3v) is 8.02. The molecule has 0 heterocycles. The maximum Gasteiger partial charge on any atom is 0.255 e. The van der Waals surface area contributed by atoms with E-state index in [1.54, 1.807) is 26.8 Å². The summed E-state index contributed by atoms with van der Waals surface area (Å²) in [5.41, 5.74) is 1.14. The lowest BCUT2D eigenvalue weighted by Crippen LogP contribution is -2.70. The number of primary amides is 1. The first-order valence-electron chi connectivity index (χ1n) is 12.8. The summed E-state index contributed by atoms with van der Waals surface area (Å²) in [6, 6.07) is 1.51. The zero-order valence-corrected chi connectivity index (χ0v) is 22.7. The maximum atomic E-state index is 14.0. The molecule has 0 spiro atoms. The lowest BCUT2D eigenvalue weighted by Gasteiger charge is -2.53. The van der Waals surface area contributed by atoms with Crippen molar-refractivity contribution in [3.63, 3.8) is 0 Å². The number of phenols is 1. The largest absolute Gasteiger partial charge is 0.508 e. The van der Waals surface area contributed by atoms with Gasteiger partial charge in [0.25, 0.3) is 5.91 Å². The molecule has 0 aromatic heterocycles. The summed E-state index contributed by atoms with van der Waals surface area (Å²) < 4.78 is 0. The van der Waals surface area contributed by atoms with Crippen molar-refractivity contribution in [2.75, 3.05) is 26.0 Å². The van der Waals surface area contributed by atoms with Gasteiger partial charge >= 0.3 is 0 Å². The van der Waals surface area contributed by atoms with Gasteiger partial charge in [-0.05, 0) is 45.5 Å². The van der Waals surface area contributed by atoms with E-state index < -0.39 is 81.4 Å². The Bertz CT molecular complexity index is 1380. The maximum absolute atomic E-state index is 14.0. The number of nitrogens with one attached hydrogen (secondary N) is 2. The number of aromatic hydroxyl groups is 1. The minimum absolute atomic E-state index is 0.0746. The molecule has 2 amide bonds.